The standard InChI is InChI=1S/C16H22N4O/c1-3-8-17-16-18-14-7-5-4-6-13(14)15(19-16)20-9-10-21-12(2)11-20/h4-7,12H,3,8-11H2,1-2H3,(H,17,18,19). The van der Waals surface area contributed by atoms with Gasteiger partial charge in [0.25, 0.3) is 0 Å². The van der Waals surface area contributed by atoms with Crippen molar-refractivity contribution < 1.29 is 4.74 Å². The van der Waals surface area contributed by atoms with Crippen molar-refractivity contribution >= 4 is 22.7 Å². The number of benzene rings is 1. The molecule has 1 aromatic heterocycles. The van der Waals surface area contributed by atoms with Gasteiger partial charge in [0.2, 0.25) is 5.95 Å². The predicted molar refractivity (Wildman–Crippen MR) is 85.9 cm³/mol. The molecule has 3 rings (SSSR count). The van der Waals surface area contributed by atoms with Crippen LogP contribution in [0.3, 0.4) is 0 Å². The van der Waals surface area contributed by atoms with Crippen LogP contribution in [0.1, 0.15) is 20.3 Å². The molecule has 112 valence electrons. The molecular formula is C16H22N4O. The number of morpholine rings is 1. The molecule has 0 amide bonds. The van der Waals surface area contributed by atoms with E-state index in [1.54, 1.807) is 0 Å². The van der Waals surface area contributed by atoms with Gasteiger partial charge < -0.3 is 15.0 Å². The SMILES string of the molecule is CCCNc1nc(N2CCOC(C)C2)c2ccccc2n1. The molecule has 1 aliphatic rings. The number of ether oxygens (including phenoxy) is 1. The van der Waals surface area contributed by atoms with Gasteiger partial charge in [0, 0.05) is 25.0 Å². The van der Waals surface area contributed by atoms with Crippen molar-refractivity contribution in [2.45, 2.75) is 26.4 Å². The van der Waals surface area contributed by atoms with Crippen LogP contribution in [0.25, 0.3) is 10.9 Å². The summed E-state index contributed by atoms with van der Waals surface area (Å²) in [5, 5.41) is 4.40. The van der Waals surface area contributed by atoms with E-state index >= 15 is 0 Å². The molecule has 2 heterocycles. The molecule has 21 heavy (non-hydrogen) atoms. The Morgan fingerprint density at radius 2 is 2.19 bits per heavy atom. The monoisotopic (exact) mass is 286 g/mol. The maximum absolute atomic E-state index is 5.64. The van der Waals surface area contributed by atoms with Gasteiger partial charge in [-0.05, 0) is 25.5 Å². The zero-order valence-electron chi connectivity index (χ0n) is 12.7. The second-order valence-corrected chi connectivity index (χ2v) is 5.44. The molecule has 1 atom stereocenters. The topological polar surface area (TPSA) is 50.3 Å². The van der Waals surface area contributed by atoms with Crippen molar-refractivity contribution in [2.24, 2.45) is 0 Å². The molecule has 1 saturated heterocycles. The maximum atomic E-state index is 5.64. The van der Waals surface area contributed by atoms with Gasteiger partial charge in [0.1, 0.15) is 5.82 Å². The zero-order valence-corrected chi connectivity index (χ0v) is 12.7. The second kappa shape index (κ2) is 6.26. The molecule has 1 unspecified atom stereocenters. The predicted octanol–water partition coefficient (Wildman–Crippen LogP) is 2.68. The number of para-hydroxylation sites is 1. The molecule has 1 aliphatic heterocycles. The number of rotatable bonds is 4. The molecule has 1 aromatic carbocycles. The van der Waals surface area contributed by atoms with Crippen LogP contribution < -0.4 is 10.2 Å². The van der Waals surface area contributed by atoms with Gasteiger partial charge in [0.05, 0.1) is 18.2 Å². The fourth-order valence-electron chi connectivity index (χ4n) is 2.63. The highest BCUT2D eigenvalue weighted by molar-refractivity contribution is 5.90. The average Bonchev–Trinajstić information content (AvgIpc) is 2.52. The molecule has 0 spiro atoms. The van der Waals surface area contributed by atoms with Crippen LogP contribution in [0.5, 0.6) is 0 Å². The molecule has 2 aromatic rings. The van der Waals surface area contributed by atoms with Crippen LogP contribution in [0, 0.1) is 0 Å². The van der Waals surface area contributed by atoms with Gasteiger partial charge in [-0.25, -0.2) is 4.98 Å². The second-order valence-electron chi connectivity index (χ2n) is 5.44. The Balaban J connectivity index is 2.01. The lowest BCUT2D eigenvalue weighted by atomic mass is 10.2. The molecule has 0 bridgehead atoms. The first-order valence-electron chi connectivity index (χ1n) is 7.65. The molecule has 0 radical (unpaired) electrons. The Morgan fingerprint density at radius 3 is 3.00 bits per heavy atom. The van der Waals surface area contributed by atoms with E-state index in [1.807, 2.05) is 18.2 Å². The maximum Gasteiger partial charge on any atom is 0.225 e. The Kier molecular flexibility index (Phi) is 4.20. The number of nitrogens with zero attached hydrogens (tertiary/aromatic N) is 3. The lowest BCUT2D eigenvalue weighted by molar-refractivity contribution is 0.0530. The fourth-order valence-corrected chi connectivity index (χ4v) is 2.63. The van der Waals surface area contributed by atoms with Crippen LogP contribution >= 0.6 is 0 Å². The highest BCUT2D eigenvalue weighted by atomic mass is 16.5. The molecule has 5 nitrogen and oxygen atoms in total. The van der Waals surface area contributed by atoms with Crippen LogP contribution in [-0.2, 0) is 4.74 Å². The Morgan fingerprint density at radius 1 is 1.33 bits per heavy atom. The van der Waals surface area contributed by atoms with Crippen molar-refractivity contribution in [3.05, 3.63) is 24.3 Å². The molecule has 0 aliphatic carbocycles. The van der Waals surface area contributed by atoms with Crippen molar-refractivity contribution in [2.75, 3.05) is 36.5 Å². The van der Waals surface area contributed by atoms with Gasteiger partial charge in [-0.2, -0.15) is 4.98 Å². The molecule has 1 N–H and O–H groups in total. The third-order valence-electron chi connectivity index (χ3n) is 3.66. The van der Waals surface area contributed by atoms with Gasteiger partial charge >= 0.3 is 0 Å². The van der Waals surface area contributed by atoms with Gasteiger partial charge in [-0.15, -0.1) is 0 Å². The summed E-state index contributed by atoms with van der Waals surface area (Å²) in [4.78, 5) is 11.7. The first-order chi connectivity index (χ1) is 10.3. The fraction of sp³-hybridized carbons (Fsp3) is 0.500. The summed E-state index contributed by atoms with van der Waals surface area (Å²) in [6.45, 7) is 7.62. The van der Waals surface area contributed by atoms with Crippen molar-refractivity contribution in [1.29, 1.82) is 0 Å². The first-order valence-corrected chi connectivity index (χ1v) is 7.65. The van der Waals surface area contributed by atoms with Gasteiger partial charge in [-0.3, -0.25) is 0 Å². The lowest BCUT2D eigenvalue weighted by Crippen LogP contribution is -2.41. The van der Waals surface area contributed by atoms with Gasteiger partial charge in [-0.1, -0.05) is 19.1 Å². The highest BCUT2D eigenvalue weighted by Gasteiger charge is 2.20. The van der Waals surface area contributed by atoms with Crippen LogP contribution in [0.15, 0.2) is 24.3 Å². The van der Waals surface area contributed by atoms with Crippen molar-refractivity contribution in [3.8, 4) is 0 Å². The van der Waals surface area contributed by atoms with Crippen molar-refractivity contribution in [1.82, 2.24) is 9.97 Å². The summed E-state index contributed by atoms with van der Waals surface area (Å²) in [7, 11) is 0. The van der Waals surface area contributed by atoms with E-state index in [1.165, 1.54) is 0 Å². The normalized spacial score (nSPS) is 19.0. The minimum absolute atomic E-state index is 0.236. The molecule has 0 saturated carbocycles. The van der Waals surface area contributed by atoms with E-state index in [9.17, 15) is 0 Å². The first kappa shape index (κ1) is 14.1. The lowest BCUT2D eigenvalue weighted by Gasteiger charge is -2.32. The van der Waals surface area contributed by atoms with E-state index < -0.39 is 0 Å². The summed E-state index contributed by atoms with van der Waals surface area (Å²) in [6.07, 6.45) is 1.29. The zero-order chi connectivity index (χ0) is 14.7. The Labute approximate surface area is 125 Å². The number of aromatic nitrogens is 2. The number of hydrogen-bond acceptors (Lipinski definition) is 5. The largest absolute Gasteiger partial charge is 0.375 e. The number of hydrogen-bond donors (Lipinski definition) is 1. The summed E-state index contributed by atoms with van der Waals surface area (Å²) in [6, 6.07) is 8.19. The van der Waals surface area contributed by atoms with Gasteiger partial charge in [0.15, 0.2) is 0 Å². The summed E-state index contributed by atoms with van der Waals surface area (Å²) in [5.41, 5.74) is 0.986. The minimum atomic E-state index is 0.236. The van der Waals surface area contributed by atoms with Crippen LogP contribution in [0.2, 0.25) is 0 Å². The van der Waals surface area contributed by atoms with E-state index in [2.05, 4.69) is 35.1 Å². The number of nitrogens with one attached hydrogen (secondary N) is 1. The minimum Gasteiger partial charge on any atom is -0.375 e. The van der Waals surface area contributed by atoms with Crippen molar-refractivity contribution in [3.63, 3.8) is 0 Å². The summed E-state index contributed by atoms with van der Waals surface area (Å²) < 4.78 is 5.64. The molecular weight excluding hydrogens is 264 g/mol. The quantitative estimate of drug-likeness (QED) is 0.936. The van der Waals surface area contributed by atoms with E-state index in [-0.39, 0.29) is 6.10 Å². The Bertz CT molecular complexity index is 616. The smallest absolute Gasteiger partial charge is 0.225 e. The van der Waals surface area contributed by atoms with E-state index in [4.69, 9.17) is 9.72 Å². The summed E-state index contributed by atoms with van der Waals surface area (Å²) >= 11 is 0. The molecule has 5 heteroatoms. The number of fused-ring (bicyclic) bond motifs is 1. The van der Waals surface area contributed by atoms with Crippen LogP contribution in [0.4, 0.5) is 11.8 Å². The van der Waals surface area contributed by atoms with Crippen LogP contribution in [-0.4, -0.2) is 42.3 Å². The number of anilines is 2. The Hall–Kier alpha value is -1.88. The third-order valence-corrected chi connectivity index (χ3v) is 3.66. The summed E-state index contributed by atoms with van der Waals surface area (Å²) in [5.74, 6) is 1.72. The van der Waals surface area contributed by atoms with E-state index in [0.29, 0.717) is 5.95 Å². The average molecular weight is 286 g/mol. The third kappa shape index (κ3) is 3.08. The van der Waals surface area contributed by atoms with E-state index in [0.717, 1.165) is 49.4 Å². The molecule has 1 fully saturated rings. The highest BCUT2D eigenvalue weighted by Crippen LogP contribution is 2.26.